The minimum absolute atomic E-state index is 0.0463. The molecule has 68 valence electrons. The van der Waals surface area contributed by atoms with Crippen LogP contribution in [0.25, 0.3) is 0 Å². The van der Waals surface area contributed by atoms with Crippen molar-refractivity contribution < 1.29 is 0 Å². The van der Waals surface area contributed by atoms with E-state index < -0.39 is 0 Å². The maximum Gasteiger partial charge on any atom is 0.0958 e. The Labute approximate surface area is 86.9 Å². The number of terminal acetylenes is 1. The number of nitrogens with one attached hydrogen (secondary N) is 1. The van der Waals surface area contributed by atoms with E-state index in [0.29, 0.717) is 0 Å². The normalized spacial score (nSPS) is 12.1. The molecule has 1 unspecified atom stereocenters. The number of hydrogen-bond acceptors (Lipinski definition) is 2. The van der Waals surface area contributed by atoms with E-state index in [-0.39, 0.29) is 6.04 Å². The van der Waals surface area contributed by atoms with Gasteiger partial charge in [-0.05, 0) is 28.5 Å². The van der Waals surface area contributed by atoms with Crippen LogP contribution < -0.4 is 5.32 Å². The van der Waals surface area contributed by atoms with E-state index in [4.69, 9.17) is 6.42 Å². The summed E-state index contributed by atoms with van der Waals surface area (Å²) in [6.07, 6.45) is 8.90. The summed E-state index contributed by atoms with van der Waals surface area (Å²) >= 11 is 3.35. The Kier molecular flexibility index (Phi) is 3.94. The molecule has 1 N–H and O–H groups in total. The largest absolute Gasteiger partial charge is 0.300 e. The average molecular weight is 239 g/mol. The van der Waals surface area contributed by atoms with E-state index in [2.05, 4.69) is 32.2 Å². The number of hydrogen-bond donors (Lipinski definition) is 1. The second-order valence-electron chi connectivity index (χ2n) is 2.59. The van der Waals surface area contributed by atoms with Gasteiger partial charge in [-0.25, -0.2) is 0 Å². The Bertz CT molecular complexity index is 317. The van der Waals surface area contributed by atoms with Crippen molar-refractivity contribution in [3.8, 4) is 12.3 Å². The average Bonchev–Trinajstić information content (AvgIpc) is 2.14. The zero-order chi connectivity index (χ0) is 9.68. The number of rotatable bonds is 3. The zero-order valence-electron chi connectivity index (χ0n) is 7.42. The molecule has 2 nitrogen and oxygen atoms in total. The first-order valence-electron chi connectivity index (χ1n) is 4.08. The van der Waals surface area contributed by atoms with Crippen LogP contribution in [0.15, 0.2) is 22.9 Å². The Morgan fingerprint density at radius 1 is 1.69 bits per heavy atom. The molecule has 0 bridgehead atoms. The lowest BCUT2D eigenvalue weighted by molar-refractivity contribution is 0.662. The van der Waals surface area contributed by atoms with Crippen LogP contribution in [0.5, 0.6) is 0 Å². The van der Waals surface area contributed by atoms with Gasteiger partial charge in [0.25, 0.3) is 0 Å². The predicted molar refractivity (Wildman–Crippen MR) is 57.2 cm³/mol. The van der Waals surface area contributed by atoms with Gasteiger partial charge in [0.1, 0.15) is 0 Å². The molecule has 0 radical (unpaired) electrons. The molecule has 0 aliphatic rings. The predicted octanol–water partition coefficient (Wildman–Crippen LogP) is 2.13. The van der Waals surface area contributed by atoms with Gasteiger partial charge in [0, 0.05) is 22.4 Å². The molecular weight excluding hydrogens is 228 g/mol. The molecule has 1 atom stereocenters. The molecule has 1 rings (SSSR count). The maximum absolute atomic E-state index is 5.39. The first-order valence-corrected chi connectivity index (χ1v) is 4.87. The molecule has 1 aromatic heterocycles. The number of pyridine rings is 1. The lowest BCUT2D eigenvalue weighted by atomic mass is 10.1. The molecule has 0 aromatic carbocycles. The summed E-state index contributed by atoms with van der Waals surface area (Å²) in [6, 6.07) is 1.93. The summed E-state index contributed by atoms with van der Waals surface area (Å²) in [5.41, 5.74) is 1.01. The van der Waals surface area contributed by atoms with Gasteiger partial charge in [-0.1, -0.05) is 12.8 Å². The highest BCUT2D eigenvalue weighted by molar-refractivity contribution is 9.10. The first kappa shape index (κ1) is 10.2. The molecule has 0 amide bonds. The van der Waals surface area contributed by atoms with Crippen molar-refractivity contribution in [2.75, 3.05) is 6.54 Å². The van der Waals surface area contributed by atoms with Gasteiger partial charge in [-0.2, -0.15) is 0 Å². The van der Waals surface area contributed by atoms with E-state index in [9.17, 15) is 0 Å². The van der Waals surface area contributed by atoms with E-state index in [1.807, 2.05) is 13.0 Å². The van der Waals surface area contributed by atoms with E-state index in [0.717, 1.165) is 16.6 Å². The van der Waals surface area contributed by atoms with Gasteiger partial charge >= 0.3 is 0 Å². The van der Waals surface area contributed by atoms with E-state index in [1.165, 1.54) is 0 Å². The van der Waals surface area contributed by atoms with Crippen LogP contribution in [0.2, 0.25) is 0 Å². The molecule has 0 aliphatic carbocycles. The molecule has 0 fully saturated rings. The summed E-state index contributed by atoms with van der Waals surface area (Å²) in [6.45, 7) is 2.87. The fourth-order valence-electron chi connectivity index (χ4n) is 1.06. The van der Waals surface area contributed by atoms with Crippen LogP contribution in [-0.2, 0) is 0 Å². The molecule has 0 saturated heterocycles. The molecule has 1 aromatic rings. The third kappa shape index (κ3) is 2.83. The standard InChI is InChI=1S/C10H11BrN2/c1-3-10(13-4-2)8-5-9(11)7-12-6-8/h1,5-7,10,13H,4H2,2H3. The number of halogens is 1. The Morgan fingerprint density at radius 3 is 3.00 bits per heavy atom. The van der Waals surface area contributed by atoms with Gasteiger partial charge in [0.15, 0.2) is 0 Å². The van der Waals surface area contributed by atoms with Gasteiger partial charge in [-0.15, -0.1) is 6.42 Å². The second kappa shape index (κ2) is 5.00. The van der Waals surface area contributed by atoms with Crippen LogP contribution in [0, 0.1) is 12.3 Å². The van der Waals surface area contributed by atoms with Crippen molar-refractivity contribution in [1.82, 2.24) is 10.3 Å². The second-order valence-corrected chi connectivity index (χ2v) is 3.51. The summed E-state index contributed by atoms with van der Waals surface area (Å²) < 4.78 is 0.947. The van der Waals surface area contributed by atoms with Gasteiger partial charge in [-0.3, -0.25) is 4.98 Å². The highest BCUT2D eigenvalue weighted by Crippen LogP contribution is 2.15. The smallest absolute Gasteiger partial charge is 0.0958 e. The van der Waals surface area contributed by atoms with Crippen LogP contribution in [-0.4, -0.2) is 11.5 Å². The van der Waals surface area contributed by atoms with Crippen LogP contribution in [0.4, 0.5) is 0 Å². The number of nitrogens with zero attached hydrogens (tertiary/aromatic N) is 1. The van der Waals surface area contributed by atoms with Crippen molar-refractivity contribution in [1.29, 1.82) is 0 Å². The first-order chi connectivity index (χ1) is 6.27. The molecular formula is C10H11BrN2. The third-order valence-electron chi connectivity index (χ3n) is 1.63. The van der Waals surface area contributed by atoms with Crippen molar-refractivity contribution in [2.45, 2.75) is 13.0 Å². The lowest BCUT2D eigenvalue weighted by Gasteiger charge is -2.10. The summed E-state index contributed by atoms with van der Waals surface area (Å²) in [4.78, 5) is 4.05. The van der Waals surface area contributed by atoms with E-state index >= 15 is 0 Å². The van der Waals surface area contributed by atoms with Gasteiger partial charge in [0.05, 0.1) is 6.04 Å². The van der Waals surface area contributed by atoms with Crippen molar-refractivity contribution in [3.05, 3.63) is 28.5 Å². The molecule has 3 heteroatoms. The Hall–Kier alpha value is -0.850. The molecule has 0 spiro atoms. The quantitative estimate of drug-likeness (QED) is 0.817. The van der Waals surface area contributed by atoms with Gasteiger partial charge in [0.2, 0.25) is 0 Å². The fourth-order valence-corrected chi connectivity index (χ4v) is 1.45. The molecule has 1 heterocycles. The molecule has 13 heavy (non-hydrogen) atoms. The Balaban J connectivity index is 2.86. The van der Waals surface area contributed by atoms with Crippen LogP contribution in [0.1, 0.15) is 18.5 Å². The minimum atomic E-state index is -0.0463. The summed E-state index contributed by atoms with van der Waals surface area (Å²) in [5.74, 6) is 2.67. The van der Waals surface area contributed by atoms with Gasteiger partial charge < -0.3 is 5.32 Å². The minimum Gasteiger partial charge on any atom is -0.300 e. The van der Waals surface area contributed by atoms with Crippen molar-refractivity contribution >= 4 is 15.9 Å². The van der Waals surface area contributed by atoms with Crippen LogP contribution in [0.3, 0.4) is 0 Å². The van der Waals surface area contributed by atoms with E-state index in [1.54, 1.807) is 12.4 Å². The lowest BCUT2D eigenvalue weighted by Crippen LogP contribution is -2.19. The Morgan fingerprint density at radius 2 is 2.46 bits per heavy atom. The molecule has 0 saturated carbocycles. The highest BCUT2D eigenvalue weighted by Gasteiger charge is 2.06. The maximum atomic E-state index is 5.39. The monoisotopic (exact) mass is 238 g/mol. The third-order valence-corrected chi connectivity index (χ3v) is 2.07. The van der Waals surface area contributed by atoms with Crippen molar-refractivity contribution in [3.63, 3.8) is 0 Å². The fraction of sp³-hybridized carbons (Fsp3) is 0.300. The number of aromatic nitrogens is 1. The molecule has 0 aliphatic heterocycles. The van der Waals surface area contributed by atoms with Crippen LogP contribution >= 0.6 is 15.9 Å². The zero-order valence-corrected chi connectivity index (χ0v) is 9.01. The summed E-state index contributed by atoms with van der Waals surface area (Å²) in [7, 11) is 0. The highest BCUT2D eigenvalue weighted by atomic mass is 79.9. The summed E-state index contributed by atoms with van der Waals surface area (Å²) in [5, 5.41) is 3.18. The topological polar surface area (TPSA) is 24.9 Å². The SMILES string of the molecule is C#CC(NCC)c1cncc(Br)c1. The van der Waals surface area contributed by atoms with Crippen molar-refractivity contribution in [2.24, 2.45) is 0 Å².